The largest absolute Gasteiger partial charge is 0.356 e. The van der Waals surface area contributed by atoms with E-state index in [0.29, 0.717) is 13.1 Å². The van der Waals surface area contributed by atoms with Gasteiger partial charge in [-0.05, 0) is 36.1 Å². The maximum absolute atomic E-state index is 13.7. The molecule has 0 radical (unpaired) electrons. The van der Waals surface area contributed by atoms with Crippen LogP contribution in [0.25, 0.3) is 33.9 Å². The van der Waals surface area contributed by atoms with Crippen LogP contribution in [0.2, 0.25) is 0 Å². The minimum Gasteiger partial charge on any atom is -0.356 e. The monoisotopic (exact) mass is 487 g/mol. The van der Waals surface area contributed by atoms with E-state index in [0.717, 1.165) is 56.8 Å². The molecule has 2 aliphatic rings. The predicted octanol–water partition coefficient (Wildman–Crippen LogP) is 6.57. The highest BCUT2D eigenvalue weighted by Gasteiger charge is 2.37. The van der Waals surface area contributed by atoms with Crippen LogP contribution in [0.1, 0.15) is 37.2 Å². The lowest BCUT2D eigenvalue weighted by atomic mass is 10.0. The van der Waals surface area contributed by atoms with Crippen LogP contribution in [-0.2, 0) is 6.42 Å². The van der Waals surface area contributed by atoms with E-state index in [1.807, 2.05) is 30.0 Å². The van der Waals surface area contributed by atoms with Crippen molar-refractivity contribution in [2.45, 2.75) is 32.6 Å². The zero-order valence-corrected chi connectivity index (χ0v) is 20.7. The van der Waals surface area contributed by atoms with E-state index in [-0.39, 0.29) is 18.9 Å². The Kier molecular flexibility index (Phi) is 6.58. The lowest BCUT2D eigenvalue weighted by molar-refractivity contribution is 0.0131. The second-order valence-electron chi connectivity index (χ2n) is 9.82. The summed E-state index contributed by atoms with van der Waals surface area (Å²) >= 11 is 0. The molecule has 1 fully saturated rings. The standard InChI is InChI=1S/C29H31F2N5/c1-4-19(2)12-22(13-20(3)17-36-11-10-29(30,31)18-36)25-15-23-27(16-32-25)34-35-28(23)26-14-21-8-6-5-7-9-24(21)33-26/h4-8,12-16,19,33H,1,9-11,17-18H2,2-3H3,(H,34,35)/b20-13+,22-12+/t19-/m0/s1. The number of pyridine rings is 1. The van der Waals surface area contributed by atoms with Gasteiger partial charge in [-0.1, -0.05) is 55.0 Å². The van der Waals surface area contributed by atoms with Crippen molar-refractivity contribution in [3.05, 3.63) is 83.9 Å². The molecule has 36 heavy (non-hydrogen) atoms. The van der Waals surface area contributed by atoms with Gasteiger partial charge in [-0.3, -0.25) is 15.0 Å². The van der Waals surface area contributed by atoms with Crippen molar-refractivity contribution < 1.29 is 8.78 Å². The molecule has 1 aliphatic carbocycles. The number of H-pyrrole nitrogens is 2. The number of alkyl halides is 2. The Hall–Kier alpha value is -3.58. The first-order valence-electron chi connectivity index (χ1n) is 12.3. The zero-order valence-electron chi connectivity index (χ0n) is 20.7. The molecule has 7 heteroatoms. The van der Waals surface area contributed by atoms with Gasteiger partial charge in [0, 0.05) is 37.0 Å². The Morgan fingerprint density at radius 3 is 2.94 bits per heavy atom. The summed E-state index contributed by atoms with van der Waals surface area (Å²) in [5, 5.41) is 8.66. The number of aromatic nitrogens is 4. The van der Waals surface area contributed by atoms with Crippen LogP contribution >= 0.6 is 0 Å². The predicted molar refractivity (Wildman–Crippen MR) is 143 cm³/mol. The summed E-state index contributed by atoms with van der Waals surface area (Å²) in [5.74, 6) is -2.47. The van der Waals surface area contributed by atoms with Gasteiger partial charge in [0.05, 0.1) is 29.6 Å². The van der Waals surface area contributed by atoms with Gasteiger partial charge in [-0.2, -0.15) is 5.10 Å². The van der Waals surface area contributed by atoms with Crippen molar-refractivity contribution in [3.63, 3.8) is 0 Å². The van der Waals surface area contributed by atoms with E-state index in [9.17, 15) is 8.78 Å². The molecule has 0 amide bonds. The molecular formula is C29H31F2N5. The van der Waals surface area contributed by atoms with E-state index in [1.165, 1.54) is 0 Å². The summed E-state index contributed by atoms with van der Waals surface area (Å²) in [4.78, 5) is 10.0. The number of nitrogens with zero attached hydrogens (tertiary/aromatic N) is 3. The van der Waals surface area contributed by atoms with E-state index >= 15 is 0 Å². The first kappa shape index (κ1) is 24.1. The highest BCUT2D eigenvalue weighted by molar-refractivity contribution is 5.94. The van der Waals surface area contributed by atoms with Crippen molar-refractivity contribution in [2.75, 3.05) is 19.6 Å². The molecule has 3 aromatic heterocycles. The fourth-order valence-electron chi connectivity index (χ4n) is 4.83. The SMILES string of the molecule is C=C[C@H](C)/C=C(\C=C(/C)CN1CCC(F)(F)C1)c1cc2c(-c3cc4c([nH]3)CC=CC=C4)n[nH]c2cn1. The summed E-state index contributed by atoms with van der Waals surface area (Å²) in [6.07, 6.45) is 16.9. The Morgan fingerprint density at radius 2 is 2.17 bits per heavy atom. The van der Waals surface area contributed by atoms with Gasteiger partial charge in [0.2, 0.25) is 0 Å². The second-order valence-corrected chi connectivity index (χ2v) is 9.82. The third kappa shape index (κ3) is 5.16. The van der Waals surface area contributed by atoms with E-state index in [1.54, 1.807) is 6.20 Å². The molecule has 0 aromatic carbocycles. The average molecular weight is 488 g/mol. The number of nitrogens with one attached hydrogen (secondary N) is 2. The Balaban J connectivity index is 1.49. The Morgan fingerprint density at radius 1 is 1.31 bits per heavy atom. The van der Waals surface area contributed by atoms with Crippen LogP contribution < -0.4 is 0 Å². The van der Waals surface area contributed by atoms with Crippen molar-refractivity contribution >= 4 is 22.6 Å². The number of rotatable bonds is 7. The lowest BCUT2D eigenvalue weighted by Crippen LogP contribution is -2.26. The molecule has 2 N–H and O–H groups in total. The smallest absolute Gasteiger partial charge is 0.261 e. The average Bonchev–Trinajstić information content (AvgIpc) is 3.50. The maximum atomic E-state index is 13.7. The fraction of sp³-hybridized carbons (Fsp3) is 0.310. The minimum absolute atomic E-state index is 0.0772. The summed E-state index contributed by atoms with van der Waals surface area (Å²) in [6, 6.07) is 4.17. The quantitative estimate of drug-likeness (QED) is 0.293. The van der Waals surface area contributed by atoms with Crippen LogP contribution in [0.15, 0.2) is 66.9 Å². The molecule has 5 rings (SSSR count). The van der Waals surface area contributed by atoms with E-state index < -0.39 is 5.92 Å². The zero-order chi connectivity index (χ0) is 25.3. The molecule has 0 saturated carbocycles. The number of hydrogen-bond acceptors (Lipinski definition) is 3. The first-order chi connectivity index (χ1) is 17.3. The van der Waals surface area contributed by atoms with Crippen molar-refractivity contribution in [2.24, 2.45) is 5.92 Å². The van der Waals surface area contributed by atoms with E-state index in [4.69, 9.17) is 4.98 Å². The van der Waals surface area contributed by atoms with Crippen LogP contribution in [0.3, 0.4) is 0 Å². The molecule has 1 saturated heterocycles. The highest BCUT2D eigenvalue weighted by atomic mass is 19.3. The van der Waals surface area contributed by atoms with Crippen LogP contribution in [0.4, 0.5) is 8.78 Å². The fourth-order valence-corrected chi connectivity index (χ4v) is 4.83. The van der Waals surface area contributed by atoms with Crippen molar-refractivity contribution in [1.29, 1.82) is 0 Å². The van der Waals surface area contributed by atoms with E-state index in [2.05, 4.69) is 65.1 Å². The lowest BCUT2D eigenvalue weighted by Gasteiger charge is -2.16. The van der Waals surface area contributed by atoms with Crippen molar-refractivity contribution in [1.82, 2.24) is 25.1 Å². The number of allylic oxidation sites excluding steroid dienone is 7. The van der Waals surface area contributed by atoms with Gasteiger partial charge >= 0.3 is 0 Å². The van der Waals surface area contributed by atoms with Gasteiger partial charge < -0.3 is 4.98 Å². The third-order valence-corrected chi connectivity index (χ3v) is 6.71. The maximum Gasteiger partial charge on any atom is 0.261 e. The first-order valence-corrected chi connectivity index (χ1v) is 12.3. The van der Waals surface area contributed by atoms with Gasteiger partial charge in [0.1, 0.15) is 5.69 Å². The third-order valence-electron chi connectivity index (χ3n) is 6.71. The minimum atomic E-state index is -2.59. The second kappa shape index (κ2) is 9.82. The molecule has 0 spiro atoms. The van der Waals surface area contributed by atoms with Crippen molar-refractivity contribution in [3.8, 4) is 11.4 Å². The molecule has 0 unspecified atom stereocenters. The number of hydrogen-bond donors (Lipinski definition) is 2. The van der Waals surface area contributed by atoms with Crippen LogP contribution in [-0.4, -0.2) is 50.6 Å². The molecule has 186 valence electrons. The van der Waals surface area contributed by atoms with Gasteiger partial charge in [-0.15, -0.1) is 6.58 Å². The van der Waals surface area contributed by atoms with Gasteiger partial charge in [0.15, 0.2) is 0 Å². The molecule has 4 heterocycles. The summed E-state index contributed by atoms with van der Waals surface area (Å²) in [7, 11) is 0. The molecule has 3 aromatic rings. The number of fused-ring (bicyclic) bond motifs is 2. The molecular weight excluding hydrogens is 456 g/mol. The topological polar surface area (TPSA) is 60.6 Å². The highest BCUT2D eigenvalue weighted by Crippen LogP contribution is 2.31. The number of aromatic amines is 2. The van der Waals surface area contributed by atoms with Crippen LogP contribution in [0.5, 0.6) is 0 Å². The number of halogens is 2. The Bertz CT molecular complexity index is 1400. The molecule has 0 bridgehead atoms. The molecule has 1 aliphatic heterocycles. The van der Waals surface area contributed by atoms with Crippen LogP contribution in [0, 0.1) is 5.92 Å². The van der Waals surface area contributed by atoms with Gasteiger partial charge in [0.25, 0.3) is 5.92 Å². The normalized spacial score (nSPS) is 19.0. The summed E-state index contributed by atoms with van der Waals surface area (Å²) in [5.41, 5.74) is 7.72. The summed E-state index contributed by atoms with van der Waals surface area (Å²) in [6.45, 7) is 8.69. The van der Waals surface area contributed by atoms with Gasteiger partial charge in [-0.25, -0.2) is 8.78 Å². The molecule has 1 atom stereocenters. The number of likely N-dealkylation sites (tertiary alicyclic amines) is 1. The summed E-state index contributed by atoms with van der Waals surface area (Å²) < 4.78 is 27.3. The molecule has 5 nitrogen and oxygen atoms in total. The Labute approximate surface area is 210 Å².